The van der Waals surface area contributed by atoms with Crippen LogP contribution in [0, 0.1) is 0 Å². The number of nitrogens with one attached hydrogen (secondary N) is 1. The van der Waals surface area contributed by atoms with Gasteiger partial charge in [-0.15, -0.1) is 0 Å². The van der Waals surface area contributed by atoms with Crippen LogP contribution in [0.5, 0.6) is 0 Å². The van der Waals surface area contributed by atoms with Gasteiger partial charge in [0.1, 0.15) is 0 Å². The Labute approximate surface area is 141 Å². The summed E-state index contributed by atoms with van der Waals surface area (Å²) >= 11 is 3.52. The monoisotopic (exact) mass is 370 g/mol. The molecule has 6 heteroatoms. The molecule has 2 heterocycles. The third-order valence-electron chi connectivity index (χ3n) is 3.89. The highest BCUT2D eigenvalue weighted by Gasteiger charge is 2.15. The van der Waals surface area contributed by atoms with Crippen molar-refractivity contribution in [3.8, 4) is 0 Å². The summed E-state index contributed by atoms with van der Waals surface area (Å²) in [6, 6.07) is 2.14. The topological polar surface area (TPSA) is 41.8 Å². The largest absolute Gasteiger partial charge is 0.376 e. The minimum absolute atomic E-state index is 0.278. The highest BCUT2D eigenvalue weighted by Crippen LogP contribution is 2.15. The maximum Gasteiger partial charge on any atom is 0.194 e. The van der Waals surface area contributed by atoms with E-state index < -0.39 is 0 Å². The smallest absolute Gasteiger partial charge is 0.194 e. The van der Waals surface area contributed by atoms with Crippen molar-refractivity contribution >= 4 is 21.9 Å². The third kappa shape index (κ3) is 5.02. The second kappa shape index (κ2) is 8.58. The van der Waals surface area contributed by atoms with Gasteiger partial charge in [-0.3, -0.25) is 4.99 Å². The minimum atomic E-state index is 0.278. The van der Waals surface area contributed by atoms with Crippen LogP contribution in [0.3, 0.4) is 0 Å². The number of aromatic nitrogens is 1. The van der Waals surface area contributed by atoms with Crippen LogP contribution >= 0.6 is 15.9 Å². The molecule has 0 spiro atoms. The third-order valence-corrected chi connectivity index (χ3v) is 4.32. The Morgan fingerprint density at radius 2 is 2.36 bits per heavy atom. The van der Waals surface area contributed by atoms with E-state index in [1.807, 2.05) is 0 Å². The van der Waals surface area contributed by atoms with Gasteiger partial charge in [0.2, 0.25) is 0 Å². The van der Waals surface area contributed by atoms with Gasteiger partial charge in [-0.2, -0.15) is 0 Å². The van der Waals surface area contributed by atoms with Crippen LogP contribution in [0.4, 0.5) is 0 Å². The molecule has 0 bridgehead atoms. The van der Waals surface area contributed by atoms with Gasteiger partial charge >= 0.3 is 0 Å². The number of aliphatic imine (C=N–C) groups is 1. The van der Waals surface area contributed by atoms with Crippen molar-refractivity contribution in [1.29, 1.82) is 0 Å². The van der Waals surface area contributed by atoms with E-state index in [1.54, 1.807) is 0 Å². The Morgan fingerprint density at radius 3 is 2.95 bits per heavy atom. The van der Waals surface area contributed by atoms with E-state index >= 15 is 0 Å². The first-order valence-corrected chi connectivity index (χ1v) is 8.81. The van der Waals surface area contributed by atoms with E-state index in [0.29, 0.717) is 0 Å². The van der Waals surface area contributed by atoms with Crippen LogP contribution in [0.1, 0.15) is 31.9 Å². The number of hydrogen-bond acceptors (Lipinski definition) is 2. The highest BCUT2D eigenvalue weighted by atomic mass is 79.9. The van der Waals surface area contributed by atoms with E-state index in [2.05, 4.69) is 64.0 Å². The molecule has 0 saturated carbocycles. The van der Waals surface area contributed by atoms with Crippen molar-refractivity contribution in [3.05, 3.63) is 22.4 Å². The maximum absolute atomic E-state index is 5.76. The van der Waals surface area contributed by atoms with E-state index in [4.69, 9.17) is 9.73 Å². The van der Waals surface area contributed by atoms with E-state index in [9.17, 15) is 0 Å². The number of halogens is 1. The zero-order valence-corrected chi connectivity index (χ0v) is 15.4. The second-order valence-corrected chi connectivity index (χ2v) is 6.72. The maximum atomic E-state index is 5.76. The van der Waals surface area contributed by atoms with E-state index in [0.717, 1.165) is 43.1 Å². The Kier molecular flexibility index (Phi) is 6.76. The lowest BCUT2D eigenvalue weighted by Crippen LogP contribution is -2.39. The molecule has 0 aromatic carbocycles. The van der Waals surface area contributed by atoms with Crippen LogP contribution in [0.2, 0.25) is 0 Å². The first-order chi connectivity index (χ1) is 10.6. The lowest BCUT2D eigenvalue weighted by molar-refractivity contribution is 0.0223. The predicted molar refractivity (Wildman–Crippen MR) is 94.1 cm³/mol. The van der Waals surface area contributed by atoms with E-state index in [1.165, 1.54) is 18.5 Å². The summed E-state index contributed by atoms with van der Waals surface area (Å²) in [6.07, 6.45) is 5.91. The molecule has 1 aromatic heterocycles. The van der Waals surface area contributed by atoms with Crippen LogP contribution in [-0.4, -0.2) is 48.3 Å². The molecule has 5 nitrogen and oxygen atoms in total. The van der Waals surface area contributed by atoms with Gasteiger partial charge < -0.3 is 19.5 Å². The Bertz CT molecular complexity index is 494. The highest BCUT2D eigenvalue weighted by molar-refractivity contribution is 9.10. The lowest BCUT2D eigenvalue weighted by Gasteiger charge is -2.25. The minimum Gasteiger partial charge on any atom is -0.376 e. The van der Waals surface area contributed by atoms with Gasteiger partial charge in [0.15, 0.2) is 5.96 Å². The molecule has 0 amide bonds. The van der Waals surface area contributed by atoms with Crippen molar-refractivity contribution in [1.82, 2.24) is 14.8 Å². The van der Waals surface area contributed by atoms with Gasteiger partial charge in [0, 0.05) is 43.6 Å². The van der Waals surface area contributed by atoms with Crippen molar-refractivity contribution in [3.63, 3.8) is 0 Å². The summed E-state index contributed by atoms with van der Waals surface area (Å²) in [6.45, 7) is 5.40. The molecule has 124 valence electrons. The predicted octanol–water partition coefficient (Wildman–Crippen LogP) is 2.75. The van der Waals surface area contributed by atoms with Gasteiger partial charge in [-0.25, -0.2) is 0 Å². The number of nitrogens with zero attached hydrogens (tertiary/aromatic N) is 3. The fourth-order valence-corrected chi connectivity index (χ4v) is 3.22. The summed E-state index contributed by atoms with van der Waals surface area (Å²) in [5, 5.41) is 3.37. The van der Waals surface area contributed by atoms with Gasteiger partial charge in [-0.05, 0) is 48.2 Å². The SMILES string of the molecule is CCNC(=NCC1CCCCO1)N(C)Cc1cc(Br)cn1C. The Balaban J connectivity index is 1.97. The van der Waals surface area contributed by atoms with Crippen molar-refractivity contribution in [2.24, 2.45) is 12.0 Å². The zero-order chi connectivity index (χ0) is 15.9. The normalized spacial score (nSPS) is 19.3. The molecule has 22 heavy (non-hydrogen) atoms. The van der Waals surface area contributed by atoms with Gasteiger partial charge in [0.05, 0.1) is 19.2 Å². The molecule has 1 unspecified atom stereocenters. The van der Waals surface area contributed by atoms with Crippen LogP contribution in [0.15, 0.2) is 21.7 Å². The zero-order valence-electron chi connectivity index (χ0n) is 13.8. The second-order valence-electron chi connectivity index (χ2n) is 5.80. The number of guanidine groups is 1. The summed E-state index contributed by atoms with van der Waals surface area (Å²) < 4.78 is 9.00. The summed E-state index contributed by atoms with van der Waals surface area (Å²) in [5.74, 6) is 0.939. The molecule has 1 fully saturated rings. The molecular formula is C16H27BrN4O. The van der Waals surface area contributed by atoms with Crippen molar-refractivity contribution < 1.29 is 4.74 Å². The molecule has 1 aliphatic rings. The first kappa shape index (κ1) is 17.3. The summed E-state index contributed by atoms with van der Waals surface area (Å²) in [7, 11) is 4.14. The summed E-state index contributed by atoms with van der Waals surface area (Å²) in [4.78, 5) is 6.92. The fourth-order valence-electron chi connectivity index (χ4n) is 2.65. The first-order valence-electron chi connectivity index (χ1n) is 8.02. The Morgan fingerprint density at radius 1 is 1.55 bits per heavy atom. The van der Waals surface area contributed by atoms with Crippen molar-refractivity contribution in [2.75, 3.05) is 26.7 Å². The molecule has 1 saturated heterocycles. The lowest BCUT2D eigenvalue weighted by atomic mass is 10.1. The van der Waals surface area contributed by atoms with Crippen LogP contribution in [0.25, 0.3) is 0 Å². The van der Waals surface area contributed by atoms with Crippen LogP contribution in [-0.2, 0) is 18.3 Å². The molecule has 0 radical (unpaired) electrons. The molecule has 0 aliphatic carbocycles. The molecular weight excluding hydrogens is 344 g/mol. The van der Waals surface area contributed by atoms with Gasteiger partial charge in [0.25, 0.3) is 0 Å². The quantitative estimate of drug-likeness (QED) is 0.639. The standard InChI is InChI=1S/C16H27BrN4O/c1-4-18-16(19-10-15-7-5-6-8-22-15)21(3)12-14-9-13(17)11-20(14)2/h9,11,15H,4-8,10,12H2,1-3H3,(H,18,19). The van der Waals surface area contributed by atoms with Crippen LogP contribution < -0.4 is 5.32 Å². The molecule has 1 N–H and O–H groups in total. The molecule has 2 rings (SSSR count). The van der Waals surface area contributed by atoms with Crippen molar-refractivity contribution in [2.45, 2.75) is 38.8 Å². The average molecular weight is 371 g/mol. The molecule has 1 atom stereocenters. The summed E-state index contributed by atoms with van der Waals surface area (Å²) in [5.41, 5.74) is 1.24. The number of rotatable bonds is 5. The number of ether oxygens (including phenoxy) is 1. The Hall–Kier alpha value is -1.01. The average Bonchev–Trinajstić information content (AvgIpc) is 2.82. The number of hydrogen-bond donors (Lipinski definition) is 1. The van der Waals surface area contributed by atoms with Gasteiger partial charge in [-0.1, -0.05) is 0 Å². The molecule has 1 aromatic rings. The number of aryl methyl sites for hydroxylation is 1. The molecule has 1 aliphatic heterocycles. The fraction of sp³-hybridized carbons (Fsp3) is 0.688. The van der Waals surface area contributed by atoms with E-state index in [-0.39, 0.29) is 6.10 Å².